The first kappa shape index (κ1) is 14.8. The zero-order valence-electron chi connectivity index (χ0n) is 12.7. The van der Waals surface area contributed by atoms with E-state index in [0.29, 0.717) is 17.4 Å². The van der Waals surface area contributed by atoms with E-state index in [0.717, 1.165) is 37.7 Å². The number of aromatic nitrogens is 1. The fourth-order valence-electron chi connectivity index (χ4n) is 3.32. The van der Waals surface area contributed by atoms with Crippen LogP contribution < -0.4 is 11.1 Å². The Balaban J connectivity index is 2.16. The molecule has 1 fully saturated rings. The maximum absolute atomic E-state index is 12.7. The summed E-state index contributed by atoms with van der Waals surface area (Å²) >= 11 is 0. The number of hydrogen-bond donors (Lipinski definition) is 2. The molecule has 1 aliphatic carbocycles. The predicted octanol–water partition coefficient (Wildman–Crippen LogP) is 3.52. The van der Waals surface area contributed by atoms with Gasteiger partial charge in [-0.15, -0.1) is 0 Å². The Hall–Kier alpha value is -1.58. The average Bonchev–Trinajstić information content (AvgIpc) is 2.81. The van der Waals surface area contributed by atoms with Crippen LogP contribution in [-0.4, -0.2) is 10.9 Å². The monoisotopic (exact) mass is 275 g/mol. The molecular formula is C16H25N3O. The molecule has 0 aliphatic heterocycles. The largest absolute Gasteiger partial charge is 0.397 e. The zero-order valence-corrected chi connectivity index (χ0v) is 12.7. The Morgan fingerprint density at radius 2 is 2.10 bits per heavy atom. The normalized spacial score (nSPS) is 17.4. The van der Waals surface area contributed by atoms with Crippen molar-refractivity contribution in [1.29, 1.82) is 0 Å². The van der Waals surface area contributed by atoms with Crippen molar-refractivity contribution in [2.75, 3.05) is 11.1 Å². The van der Waals surface area contributed by atoms with Crippen molar-refractivity contribution in [1.82, 2.24) is 4.98 Å². The second-order valence-electron chi connectivity index (χ2n) is 6.47. The smallest absolute Gasteiger partial charge is 0.231 e. The minimum atomic E-state index is -0.205. The molecule has 1 aromatic heterocycles. The number of rotatable bonds is 4. The highest BCUT2D eigenvalue weighted by molar-refractivity contribution is 5.95. The quantitative estimate of drug-likeness (QED) is 0.883. The van der Waals surface area contributed by atoms with Crippen LogP contribution in [0.25, 0.3) is 0 Å². The second kappa shape index (κ2) is 5.81. The van der Waals surface area contributed by atoms with Gasteiger partial charge in [0.15, 0.2) is 0 Å². The van der Waals surface area contributed by atoms with E-state index in [1.165, 1.54) is 0 Å². The van der Waals surface area contributed by atoms with Crippen molar-refractivity contribution in [3.63, 3.8) is 0 Å². The lowest BCUT2D eigenvalue weighted by atomic mass is 9.77. The lowest BCUT2D eigenvalue weighted by molar-refractivity contribution is -0.126. The maximum atomic E-state index is 12.7. The number of nitrogen functional groups attached to an aromatic ring is 1. The van der Waals surface area contributed by atoms with Gasteiger partial charge in [0.05, 0.1) is 11.9 Å². The molecule has 1 aliphatic rings. The Morgan fingerprint density at radius 1 is 1.45 bits per heavy atom. The standard InChI is InChI=1S/C16H25N3O/c1-11(2)9-16(6-4-5-7-16)15(20)19-14-12(3)8-13(17)10-18-14/h8,10-11H,4-7,9,17H2,1-3H3,(H,18,19,20). The molecule has 1 saturated carbocycles. The lowest BCUT2D eigenvalue weighted by Crippen LogP contribution is -2.35. The van der Waals surface area contributed by atoms with Crippen molar-refractivity contribution in [2.24, 2.45) is 11.3 Å². The van der Waals surface area contributed by atoms with Gasteiger partial charge in [-0.3, -0.25) is 4.79 Å². The van der Waals surface area contributed by atoms with Gasteiger partial charge in [-0.25, -0.2) is 4.98 Å². The summed E-state index contributed by atoms with van der Waals surface area (Å²) in [5, 5.41) is 3.02. The zero-order chi connectivity index (χ0) is 14.8. The number of nitrogens with two attached hydrogens (primary N) is 1. The average molecular weight is 275 g/mol. The van der Waals surface area contributed by atoms with Gasteiger partial charge in [-0.2, -0.15) is 0 Å². The van der Waals surface area contributed by atoms with Crippen molar-refractivity contribution in [3.05, 3.63) is 17.8 Å². The van der Waals surface area contributed by atoms with Crippen LogP contribution in [0.5, 0.6) is 0 Å². The molecule has 0 spiro atoms. The number of nitrogens with zero attached hydrogens (tertiary/aromatic N) is 1. The number of anilines is 2. The second-order valence-corrected chi connectivity index (χ2v) is 6.47. The van der Waals surface area contributed by atoms with Crippen LogP contribution in [0.2, 0.25) is 0 Å². The number of amides is 1. The highest BCUT2D eigenvalue weighted by atomic mass is 16.2. The van der Waals surface area contributed by atoms with E-state index in [4.69, 9.17) is 5.73 Å². The number of hydrogen-bond acceptors (Lipinski definition) is 3. The summed E-state index contributed by atoms with van der Waals surface area (Å²) in [4.78, 5) is 17.0. The molecule has 1 heterocycles. The van der Waals surface area contributed by atoms with Crippen molar-refractivity contribution >= 4 is 17.4 Å². The first-order chi connectivity index (χ1) is 9.43. The SMILES string of the molecule is Cc1cc(N)cnc1NC(=O)C1(CC(C)C)CCCC1. The molecule has 0 atom stereocenters. The van der Waals surface area contributed by atoms with E-state index in [1.54, 1.807) is 6.20 Å². The summed E-state index contributed by atoms with van der Waals surface area (Å²) in [6, 6.07) is 1.84. The molecule has 0 saturated heterocycles. The molecule has 4 heteroatoms. The number of carbonyl (C=O) groups excluding carboxylic acids is 1. The van der Waals surface area contributed by atoms with Crippen molar-refractivity contribution in [2.45, 2.75) is 52.9 Å². The summed E-state index contributed by atoms with van der Waals surface area (Å²) < 4.78 is 0. The van der Waals surface area contributed by atoms with E-state index in [-0.39, 0.29) is 11.3 Å². The summed E-state index contributed by atoms with van der Waals surface area (Å²) in [5.41, 5.74) is 7.03. The Labute approximate surface area is 121 Å². The van der Waals surface area contributed by atoms with Crippen LogP contribution in [0.15, 0.2) is 12.3 Å². The molecule has 3 N–H and O–H groups in total. The molecule has 20 heavy (non-hydrogen) atoms. The summed E-state index contributed by atoms with van der Waals surface area (Å²) in [7, 11) is 0. The summed E-state index contributed by atoms with van der Waals surface area (Å²) in [5.74, 6) is 1.29. The van der Waals surface area contributed by atoms with Crippen molar-refractivity contribution in [3.8, 4) is 0 Å². The molecular weight excluding hydrogens is 250 g/mol. The van der Waals surface area contributed by atoms with Gasteiger partial charge in [0, 0.05) is 5.41 Å². The topological polar surface area (TPSA) is 68.0 Å². The van der Waals surface area contributed by atoms with Gasteiger partial charge in [-0.1, -0.05) is 26.7 Å². The minimum Gasteiger partial charge on any atom is -0.397 e. The van der Waals surface area contributed by atoms with Crippen LogP contribution in [0.4, 0.5) is 11.5 Å². The van der Waals surface area contributed by atoms with Crippen LogP contribution in [0.3, 0.4) is 0 Å². The summed E-state index contributed by atoms with van der Waals surface area (Å²) in [6.07, 6.45) is 6.82. The van der Waals surface area contributed by atoms with Crippen LogP contribution in [0.1, 0.15) is 51.5 Å². The highest BCUT2D eigenvalue weighted by Crippen LogP contribution is 2.44. The Kier molecular flexibility index (Phi) is 4.31. The lowest BCUT2D eigenvalue weighted by Gasteiger charge is -2.29. The van der Waals surface area contributed by atoms with E-state index in [1.807, 2.05) is 13.0 Å². The van der Waals surface area contributed by atoms with Gasteiger partial charge in [0.1, 0.15) is 5.82 Å². The van der Waals surface area contributed by atoms with E-state index >= 15 is 0 Å². The molecule has 0 radical (unpaired) electrons. The predicted molar refractivity (Wildman–Crippen MR) is 82.4 cm³/mol. The third-order valence-electron chi connectivity index (χ3n) is 4.17. The van der Waals surface area contributed by atoms with E-state index < -0.39 is 0 Å². The van der Waals surface area contributed by atoms with Crippen LogP contribution in [0, 0.1) is 18.3 Å². The number of carbonyl (C=O) groups is 1. The molecule has 4 nitrogen and oxygen atoms in total. The minimum absolute atomic E-state index is 0.129. The maximum Gasteiger partial charge on any atom is 0.231 e. The molecule has 2 rings (SSSR count). The first-order valence-corrected chi connectivity index (χ1v) is 7.46. The fourth-order valence-corrected chi connectivity index (χ4v) is 3.32. The van der Waals surface area contributed by atoms with Gasteiger partial charge in [-0.05, 0) is 43.7 Å². The molecule has 0 unspecified atom stereocenters. The van der Waals surface area contributed by atoms with Gasteiger partial charge in [0.25, 0.3) is 0 Å². The van der Waals surface area contributed by atoms with Gasteiger partial charge < -0.3 is 11.1 Å². The summed E-state index contributed by atoms with van der Waals surface area (Å²) in [6.45, 7) is 6.28. The van der Waals surface area contributed by atoms with Crippen LogP contribution in [-0.2, 0) is 4.79 Å². The van der Waals surface area contributed by atoms with E-state index in [2.05, 4.69) is 24.1 Å². The molecule has 0 bridgehead atoms. The fraction of sp³-hybridized carbons (Fsp3) is 0.625. The number of pyridine rings is 1. The number of nitrogens with one attached hydrogen (secondary N) is 1. The molecule has 1 aromatic rings. The molecule has 110 valence electrons. The van der Waals surface area contributed by atoms with E-state index in [9.17, 15) is 4.79 Å². The molecule has 1 amide bonds. The Morgan fingerprint density at radius 3 is 2.65 bits per heavy atom. The third kappa shape index (κ3) is 3.11. The highest BCUT2D eigenvalue weighted by Gasteiger charge is 2.41. The van der Waals surface area contributed by atoms with Crippen molar-refractivity contribution < 1.29 is 4.79 Å². The van der Waals surface area contributed by atoms with Gasteiger partial charge >= 0.3 is 0 Å². The van der Waals surface area contributed by atoms with Crippen LogP contribution >= 0.6 is 0 Å². The first-order valence-electron chi connectivity index (χ1n) is 7.46. The van der Waals surface area contributed by atoms with Gasteiger partial charge in [0.2, 0.25) is 5.91 Å². The number of aryl methyl sites for hydroxylation is 1. The molecule has 0 aromatic carbocycles. The Bertz CT molecular complexity index is 490. The third-order valence-corrected chi connectivity index (χ3v) is 4.17.